The van der Waals surface area contributed by atoms with Crippen molar-refractivity contribution in [3.8, 4) is 0 Å². The summed E-state index contributed by atoms with van der Waals surface area (Å²) in [5, 5.41) is 3.63. The number of nitrogens with two attached hydrogens (primary N) is 1. The van der Waals surface area contributed by atoms with E-state index in [1.165, 1.54) is 4.57 Å². The van der Waals surface area contributed by atoms with Gasteiger partial charge in [-0.25, -0.2) is 4.79 Å². The number of hydrogen-bond donors (Lipinski definition) is 3. The molecule has 2 aliphatic heterocycles. The number of benzene rings is 2. The lowest BCUT2D eigenvalue weighted by Gasteiger charge is -2.35. The molecule has 4 heterocycles. The van der Waals surface area contributed by atoms with Gasteiger partial charge in [0, 0.05) is 78.7 Å². The normalized spacial score (nSPS) is 17.2. The van der Waals surface area contributed by atoms with Crippen molar-refractivity contribution in [3.63, 3.8) is 0 Å². The van der Waals surface area contributed by atoms with Crippen molar-refractivity contribution in [2.24, 2.45) is 7.05 Å². The van der Waals surface area contributed by atoms with Gasteiger partial charge in [0.25, 0.3) is 5.56 Å². The Bertz CT molecular complexity index is 2000. The van der Waals surface area contributed by atoms with Crippen molar-refractivity contribution in [1.29, 1.82) is 0 Å². The molecule has 0 spiro atoms. The predicted molar refractivity (Wildman–Crippen MR) is 191 cm³/mol. The molecule has 254 valence electrons. The molecule has 0 saturated carbocycles. The second-order valence-corrected chi connectivity index (χ2v) is 14.4. The van der Waals surface area contributed by atoms with E-state index >= 15 is 0 Å². The number of halogens is 2. The molecular weight excluding hydrogens is 748 g/mol. The van der Waals surface area contributed by atoms with Gasteiger partial charge < -0.3 is 30.4 Å². The minimum Gasteiger partial charge on any atom is -0.397 e. The third-order valence-electron chi connectivity index (χ3n) is 9.50. The number of carbonyl (C=O) groups excluding carboxylic acids is 3. The SMILES string of the molecule is CN1CCN(CC(=O)N[C@@H](CC(=O)c2cc(Br)c(N)c(Br)c2)C(=O)N2CCC(n3c(=O)[nH]c4c5ccccc5n(C)c(=O)c43)CC2)CC1. The first kappa shape index (κ1) is 34.1. The summed E-state index contributed by atoms with van der Waals surface area (Å²) in [6, 6.07) is 9.23. The van der Waals surface area contributed by atoms with E-state index in [1.807, 2.05) is 36.2 Å². The minimum absolute atomic E-state index is 0.125. The number of pyridine rings is 1. The molecule has 2 aliphatic rings. The van der Waals surface area contributed by atoms with Crippen LogP contribution in [-0.4, -0.2) is 105 Å². The van der Waals surface area contributed by atoms with E-state index < -0.39 is 6.04 Å². The predicted octanol–water partition coefficient (Wildman–Crippen LogP) is 2.46. The molecular formula is C33H38Br2N8O5. The fourth-order valence-corrected chi connectivity index (χ4v) is 7.90. The molecule has 4 aromatic rings. The third kappa shape index (κ3) is 6.73. The number of aryl methyl sites for hydroxylation is 1. The molecule has 6 rings (SSSR count). The van der Waals surface area contributed by atoms with Gasteiger partial charge in [-0.15, -0.1) is 0 Å². The highest BCUT2D eigenvalue weighted by atomic mass is 79.9. The zero-order chi connectivity index (χ0) is 34.3. The van der Waals surface area contributed by atoms with Crippen LogP contribution in [-0.2, 0) is 16.6 Å². The number of fused-ring (bicyclic) bond motifs is 3. The van der Waals surface area contributed by atoms with Gasteiger partial charge in [-0.3, -0.25) is 28.6 Å². The molecule has 2 fully saturated rings. The number of piperazine rings is 1. The lowest BCUT2D eigenvalue weighted by Crippen LogP contribution is -2.54. The number of anilines is 1. The summed E-state index contributed by atoms with van der Waals surface area (Å²) in [5.41, 5.74) is 7.70. The van der Waals surface area contributed by atoms with Crippen molar-refractivity contribution in [2.45, 2.75) is 31.3 Å². The number of hydrogen-bond acceptors (Lipinski definition) is 8. The Labute approximate surface area is 293 Å². The molecule has 2 amide bonds. The molecule has 0 aliphatic carbocycles. The zero-order valence-corrected chi connectivity index (χ0v) is 30.0. The standard InChI is InChI=1S/C33H38Br2N8O5/c1-39-11-13-41(14-12-39)18-27(45)37-24(17-26(44)19-15-22(34)28(36)23(35)16-19)31(46)42-9-7-20(8-10-42)43-30-29(38-33(43)48)21-5-3-4-6-25(21)40(2)32(30)47/h3-6,15-16,20,24H,7-14,17-18,36H2,1-2H3,(H,37,45)(H,38,48)/t24-/m0/s1. The molecule has 0 unspecified atom stereocenters. The van der Waals surface area contributed by atoms with Gasteiger partial charge in [-0.2, -0.15) is 0 Å². The number of Topliss-reactive ketones (excluding diaryl/α,β-unsaturated/α-hetero) is 1. The fraction of sp³-hybridized carbons (Fsp3) is 0.424. The van der Waals surface area contributed by atoms with Gasteiger partial charge in [-0.1, -0.05) is 18.2 Å². The summed E-state index contributed by atoms with van der Waals surface area (Å²) in [4.78, 5) is 76.2. The van der Waals surface area contributed by atoms with E-state index in [-0.39, 0.29) is 60.9 Å². The molecule has 15 heteroatoms. The number of aromatic nitrogens is 3. The van der Waals surface area contributed by atoms with E-state index in [0.717, 1.165) is 37.1 Å². The van der Waals surface area contributed by atoms with Gasteiger partial charge >= 0.3 is 5.69 Å². The summed E-state index contributed by atoms with van der Waals surface area (Å²) < 4.78 is 4.16. The summed E-state index contributed by atoms with van der Waals surface area (Å²) in [6.45, 7) is 3.84. The van der Waals surface area contributed by atoms with Crippen LogP contribution in [0, 0.1) is 0 Å². The van der Waals surface area contributed by atoms with Crippen LogP contribution in [0.1, 0.15) is 35.7 Å². The molecule has 2 aromatic heterocycles. The van der Waals surface area contributed by atoms with Gasteiger partial charge in [0.2, 0.25) is 11.8 Å². The zero-order valence-electron chi connectivity index (χ0n) is 26.8. The monoisotopic (exact) mass is 784 g/mol. The highest BCUT2D eigenvalue weighted by molar-refractivity contribution is 9.11. The van der Waals surface area contributed by atoms with Crippen LogP contribution in [0.25, 0.3) is 21.9 Å². The Balaban J connectivity index is 1.21. The molecule has 0 bridgehead atoms. The largest absolute Gasteiger partial charge is 0.397 e. The second-order valence-electron chi connectivity index (χ2n) is 12.6. The summed E-state index contributed by atoms with van der Waals surface area (Å²) in [7, 11) is 3.72. The number of aromatic amines is 1. The van der Waals surface area contributed by atoms with Crippen molar-refractivity contribution in [3.05, 3.63) is 71.7 Å². The number of nitrogens with one attached hydrogen (secondary N) is 2. The van der Waals surface area contributed by atoms with Crippen LogP contribution in [0.5, 0.6) is 0 Å². The molecule has 1 atom stereocenters. The number of carbonyl (C=O) groups is 3. The van der Waals surface area contributed by atoms with Crippen LogP contribution in [0.4, 0.5) is 5.69 Å². The molecule has 2 saturated heterocycles. The average Bonchev–Trinajstić information content (AvgIpc) is 3.43. The number of nitrogen functional groups attached to an aromatic ring is 1. The molecule has 48 heavy (non-hydrogen) atoms. The maximum absolute atomic E-state index is 14.0. The van der Waals surface area contributed by atoms with Crippen LogP contribution < -0.4 is 22.3 Å². The number of piperidine rings is 1. The van der Waals surface area contributed by atoms with Gasteiger partial charge in [-0.05, 0) is 69.9 Å². The second kappa shape index (κ2) is 14.0. The molecule has 4 N–H and O–H groups in total. The molecule has 0 radical (unpaired) electrons. The topological polar surface area (TPSA) is 159 Å². The first-order valence-electron chi connectivity index (χ1n) is 15.9. The number of likely N-dealkylation sites (tertiary alicyclic amines) is 1. The maximum atomic E-state index is 14.0. The summed E-state index contributed by atoms with van der Waals surface area (Å²) in [5.74, 6) is -1.01. The molecule has 13 nitrogen and oxygen atoms in total. The Hall–Kier alpha value is -3.79. The van der Waals surface area contributed by atoms with Crippen LogP contribution in [0.15, 0.2) is 54.9 Å². The Morgan fingerprint density at radius 3 is 2.29 bits per heavy atom. The number of ketones is 1. The quantitative estimate of drug-likeness (QED) is 0.182. The Kier molecular flexibility index (Phi) is 9.93. The van der Waals surface area contributed by atoms with Crippen molar-refractivity contribution in [1.82, 2.24) is 34.1 Å². The number of para-hydroxylation sites is 1. The third-order valence-corrected chi connectivity index (χ3v) is 10.8. The number of nitrogens with zero attached hydrogens (tertiary/aromatic N) is 5. The lowest BCUT2D eigenvalue weighted by molar-refractivity contribution is -0.137. The Morgan fingerprint density at radius 2 is 1.62 bits per heavy atom. The van der Waals surface area contributed by atoms with Gasteiger partial charge in [0.05, 0.1) is 23.3 Å². The van der Waals surface area contributed by atoms with Gasteiger partial charge in [0.15, 0.2) is 5.78 Å². The lowest BCUT2D eigenvalue weighted by atomic mass is 9.99. The van der Waals surface area contributed by atoms with Crippen molar-refractivity contribution >= 4 is 77.1 Å². The smallest absolute Gasteiger partial charge is 0.326 e. The van der Waals surface area contributed by atoms with Crippen molar-refractivity contribution in [2.75, 3.05) is 58.6 Å². The first-order chi connectivity index (χ1) is 22.9. The first-order valence-corrected chi connectivity index (χ1v) is 17.5. The molecule has 2 aromatic carbocycles. The van der Waals surface area contributed by atoms with Crippen LogP contribution in [0.3, 0.4) is 0 Å². The van der Waals surface area contributed by atoms with E-state index in [1.54, 1.807) is 28.6 Å². The summed E-state index contributed by atoms with van der Waals surface area (Å²) in [6.07, 6.45) is 0.603. The highest BCUT2D eigenvalue weighted by Crippen LogP contribution is 2.31. The number of amides is 2. The number of imidazole rings is 1. The van der Waals surface area contributed by atoms with E-state index in [4.69, 9.17) is 5.73 Å². The summed E-state index contributed by atoms with van der Waals surface area (Å²) >= 11 is 6.75. The average molecular weight is 787 g/mol. The van der Waals surface area contributed by atoms with Crippen molar-refractivity contribution < 1.29 is 14.4 Å². The van der Waals surface area contributed by atoms with E-state index in [0.29, 0.717) is 44.1 Å². The van der Waals surface area contributed by atoms with Crippen LogP contribution >= 0.6 is 31.9 Å². The number of rotatable bonds is 8. The van der Waals surface area contributed by atoms with Crippen LogP contribution in [0.2, 0.25) is 0 Å². The maximum Gasteiger partial charge on any atom is 0.326 e. The minimum atomic E-state index is -1.08. The number of H-pyrrole nitrogens is 1. The highest BCUT2D eigenvalue weighted by Gasteiger charge is 2.33. The van der Waals surface area contributed by atoms with E-state index in [9.17, 15) is 24.0 Å². The van der Waals surface area contributed by atoms with Gasteiger partial charge in [0.1, 0.15) is 11.6 Å². The Morgan fingerprint density at radius 1 is 0.979 bits per heavy atom. The number of likely N-dealkylation sites (N-methyl/N-ethyl adjacent to an activating group) is 1. The fourth-order valence-electron chi connectivity index (χ4n) is 6.71. The van der Waals surface area contributed by atoms with E-state index in [2.05, 4.69) is 47.1 Å².